The van der Waals surface area contributed by atoms with E-state index in [0.717, 1.165) is 4.31 Å². The summed E-state index contributed by atoms with van der Waals surface area (Å²) >= 11 is 0. The summed E-state index contributed by atoms with van der Waals surface area (Å²) in [6.07, 6.45) is 0. The molecule has 0 unspecified atom stereocenters. The number of nitrogens with zero attached hydrogens (tertiary/aromatic N) is 2. The molecular weight excluding hydrogens is 326 g/mol. The van der Waals surface area contributed by atoms with E-state index >= 15 is 0 Å². The molecule has 0 bridgehead atoms. The number of nitrogens with one attached hydrogen (secondary N) is 1. The smallest absolute Gasteiger partial charge is 0.255 e. The molecule has 0 saturated carbocycles. The van der Waals surface area contributed by atoms with Gasteiger partial charge in [-0.05, 0) is 42.8 Å². The third-order valence-corrected chi connectivity index (χ3v) is 5.42. The lowest BCUT2D eigenvalue weighted by Gasteiger charge is -2.15. The van der Waals surface area contributed by atoms with E-state index in [2.05, 4.69) is 5.32 Å². The van der Waals surface area contributed by atoms with Crippen molar-refractivity contribution in [3.8, 4) is 6.07 Å². The Morgan fingerprint density at radius 2 is 1.88 bits per heavy atom. The fourth-order valence-corrected chi connectivity index (χ4v) is 3.23. The minimum Gasteiger partial charge on any atom is -0.322 e. The minimum absolute atomic E-state index is 0.135. The lowest BCUT2D eigenvalue weighted by molar-refractivity contribution is 0.102. The molecule has 6 nitrogen and oxygen atoms in total. The third-order valence-electron chi connectivity index (χ3n) is 3.46. The van der Waals surface area contributed by atoms with Crippen molar-refractivity contribution in [3.05, 3.63) is 59.2 Å². The number of carbonyl (C=O) groups is 1. The monoisotopic (exact) mass is 343 g/mol. The highest BCUT2D eigenvalue weighted by atomic mass is 32.2. The van der Waals surface area contributed by atoms with Crippen LogP contribution in [0.4, 0.5) is 5.69 Å². The van der Waals surface area contributed by atoms with E-state index in [1.165, 1.54) is 26.2 Å². The molecule has 7 heteroatoms. The number of amides is 1. The lowest BCUT2D eigenvalue weighted by Crippen LogP contribution is -2.23. The van der Waals surface area contributed by atoms with Gasteiger partial charge in [0.05, 0.1) is 16.5 Å². The van der Waals surface area contributed by atoms with Crippen molar-refractivity contribution in [2.45, 2.75) is 11.8 Å². The van der Waals surface area contributed by atoms with Gasteiger partial charge in [0.25, 0.3) is 5.91 Å². The summed E-state index contributed by atoms with van der Waals surface area (Å²) in [6, 6.07) is 12.9. The standard InChI is InChI=1S/C17H17N3O3S/c1-12-7-8-15(10-16(12)24(22,23)20(2)3)19-17(21)14-6-4-5-13(9-14)11-18/h4-10H,1-3H3,(H,19,21). The summed E-state index contributed by atoms with van der Waals surface area (Å²) in [5.41, 5.74) is 1.66. The van der Waals surface area contributed by atoms with Gasteiger partial charge < -0.3 is 5.32 Å². The van der Waals surface area contributed by atoms with Crippen molar-refractivity contribution in [2.24, 2.45) is 0 Å². The van der Waals surface area contributed by atoms with Crippen LogP contribution >= 0.6 is 0 Å². The molecule has 24 heavy (non-hydrogen) atoms. The number of rotatable bonds is 4. The van der Waals surface area contributed by atoms with Crippen LogP contribution in [-0.2, 0) is 10.0 Å². The van der Waals surface area contributed by atoms with Crippen LogP contribution in [0.15, 0.2) is 47.4 Å². The Morgan fingerprint density at radius 1 is 1.17 bits per heavy atom. The van der Waals surface area contributed by atoms with Crippen molar-refractivity contribution >= 4 is 21.6 Å². The van der Waals surface area contributed by atoms with Gasteiger partial charge in [-0.2, -0.15) is 5.26 Å². The first kappa shape index (κ1) is 17.7. The SMILES string of the molecule is Cc1ccc(NC(=O)c2cccc(C#N)c2)cc1S(=O)(=O)N(C)C. The van der Waals surface area contributed by atoms with Crippen molar-refractivity contribution in [3.63, 3.8) is 0 Å². The fraction of sp³-hybridized carbons (Fsp3) is 0.176. The zero-order valence-corrected chi connectivity index (χ0v) is 14.4. The van der Waals surface area contributed by atoms with Gasteiger partial charge in [-0.1, -0.05) is 12.1 Å². The Kier molecular flexibility index (Phi) is 5.02. The van der Waals surface area contributed by atoms with E-state index in [1.807, 2.05) is 6.07 Å². The summed E-state index contributed by atoms with van der Waals surface area (Å²) in [6.45, 7) is 1.69. The predicted octanol–water partition coefficient (Wildman–Crippen LogP) is 2.37. The van der Waals surface area contributed by atoms with Gasteiger partial charge in [0.1, 0.15) is 0 Å². The molecule has 2 aromatic rings. The normalized spacial score (nSPS) is 11.1. The molecule has 0 fully saturated rings. The molecule has 0 saturated heterocycles. The van der Waals surface area contributed by atoms with Gasteiger partial charge in [0.15, 0.2) is 0 Å². The second-order valence-electron chi connectivity index (χ2n) is 5.41. The Bertz CT molecular complexity index is 928. The summed E-state index contributed by atoms with van der Waals surface area (Å²) in [4.78, 5) is 12.4. The van der Waals surface area contributed by atoms with Gasteiger partial charge in [0.2, 0.25) is 10.0 Å². The lowest BCUT2D eigenvalue weighted by atomic mass is 10.1. The molecule has 1 N–H and O–H groups in total. The molecule has 1 amide bonds. The first-order chi connectivity index (χ1) is 11.3. The van der Waals surface area contributed by atoms with Crippen molar-refractivity contribution < 1.29 is 13.2 Å². The van der Waals surface area contributed by atoms with Crippen LogP contribution in [0.1, 0.15) is 21.5 Å². The molecule has 0 aliphatic heterocycles. The number of hydrogen-bond donors (Lipinski definition) is 1. The molecule has 0 radical (unpaired) electrons. The Morgan fingerprint density at radius 3 is 2.50 bits per heavy atom. The Labute approximate surface area is 141 Å². The highest BCUT2D eigenvalue weighted by Gasteiger charge is 2.20. The molecule has 0 heterocycles. The fourth-order valence-electron chi connectivity index (χ4n) is 2.09. The van der Waals surface area contributed by atoms with Gasteiger partial charge in [-0.15, -0.1) is 0 Å². The number of hydrogen-bond acceptors (Lipinski definition) is 4. The van der Waals surface area contributed by atoms with Crippen molar-refractivity contribution in [1.82, 2.24) is 4.31 Å². The van der Waals surface area contributed by atoms with E-state index in [4.69, 9.17) is 5.26 Å². The molecule has 0 aliphatic rings. The van der Waals surface area contributed by atoms with Crippen LogP contribution < -0.4 is 5.32 Å². The maximum atomic E-state index is 12.3. The third kappa shape index (κ3) is 3.62. The maximum Gasteiger partial charge on any atom is 0.255 e. The Hall–Kier alpha value is -2.69. The molecule has 2 aromatic carbocycles. The van der Waals surface area contributed by atoms with E-state index in [-0.39, 0.29) is 4.90 Å². The maximum absolute atomic E-state index is 12.3. The number of sulfonamides is 1. The molecule has 2 rings (SSSR count). The van der Waals surface area contributed by atoms with Crippen LogP contribution in [0, 0.1) is 18.3 Å². The number of nitriles is 1. The number of anilines is 1. The second-order valence-corrected chi connectivity index (χ2v) is 7.53. The van der Waals surface area contributed by atoms with Crippen LogP contribution in [0.3, 0.4) is 0 Å². The molecule has 0 spiro atoms. The van der Waals surface area contributed by atoms with Gasteiger partial charge >= 0.3 is 0 Å². The Balaban J connectivity index is 2.34. The highest BCUT2D eigenvalue weighted by molar-refractivity contribution is 7.89. The number of carbonyl (C=O) groups excluding carboxylic acids is 1. The van der Waals surface area contributed by atoms with E-state index in [0.29, 0.717) is 22.4 Å². The van der Waals surface area contributed by atoms with Crippen LogP contribution in [0.25, 0.3) is 0 Å². The summed E-state index contributed by atoms with van der Waals surface area (Å²) < 4.78 is 25.8. The summed E-state index contributed by atoms with van der Waals surface area (Å²) in [7, 11) is -0.699. The van der Waals surface area contributed by atoms with Crippen molar-refractivity contribution in [1.29, 1.82) is 5.26 Å². The van der Waals surface area contributed by atoms with E-state index < -0.39 is 15.9 Å². The summed E-state index contributed by atoms with van der Waals surface area (Å²) in [5, 5.41) is 11.5. The molecule has 0 atom stereocenters. The van der Waals surface area contributed by atoms with Crippen molar-refractivity contribution in [2.75, 3.05) is 19.4 Å². The predicted molar refractivity (Wildman–Crippen MR) is 91.2 cm³/mol. The largest absolute Gasteiger partial charge is 0.322 e. The van der Waals surface area contributed by atoms with Gasteiger partial charge in [0, 0.05) is 25.3 Å². The quantitative estimate of drug-likeness (QED) is 0.923. The first-order valence-electron chi connectivity index (χ1n) is 7.10. The highest BCUT2D eigenvalue weighted by Crippen LogP contribution is 2.22. The van der Waals surface area contributed by atoms with Gasteiger partial charge in [-0.3, -0.25) is 4.79 Å². The van der Waals surface area contributed by atoms with Crippen LogP contribution in [0.5, 0.6) is 0 Å². The minimum atomic E-state index is -3.60. The molecular formula is C17H17N3O3S. The average molecular weight is 343 g/mol. The second kappa shape index (κ2) is 6.83. The molecule has 124 valence electrons. The molecule has 0 aromatic heterocycles. The zero-order chi connectivity index (χ0) is 17.9. The number of benzene rings is 2. The first-order valence-corrected chi connectivity index (χ1v) is 8.54. The summed E-state index contributed by atoms with van der Waals surface area (Å²) in [5.74, 6) is -0.413. The van der Waals surface area contributed by atoms with E-state index in [9.17, 15) is 13.2 Å². The zero-order valence-electron chi connectivity index (χ0n) is 13.6. The number of aryl methyl sites for hydroxylation is 1. The van der Waals surface area contributed by atoms with E-state index in [1.54, 1.807) is 37.3 Å². The average Bonchev–Trinajstić information content (AvgIpc) is 2.56. The van der Waals surface area contributed by atoms with Gasteiger partial charge in [-0.25, -0.2) is 12.7 Å². The van der Waals surface area contributed by atoms with Crippen LogP contribution in [-0.4, -0.2) is 32.7 Å². The topological polar surface area (TPSA) is 90.3 Å². The molecule has 0 aliphatic carbocycles. The van der Waals surface area contributed by atoms with Crippen LogP contribution in [0.2, 0.25) is 0 Å².